The van der Waals surface area contributed by atoms with Gasteiger partial charge in [-0.2, -0.15) is 0 Å². The highest BCUT2D eigenvalue weighted by Gasteiger charge is 2.31. The summed E-state index contributed by atoms with van der Waals surface area (Å²) in [6.45, 7) is 4.67. The predicted octanol–water partition coefficient (Wildman–Crippen LogP) is 4.00. The number of aliphatic hydroxyl groups excluding tert-OH is 1. The first kappa shape index (κ1) is 11.2. The Balaban J connectivity index is 1.96. The van der Waals surface area contributed by atoms with E-state index < -0.39 is 0 Å². The molecule has 84 valence electrons. The largest absolute Gasteiger partial charge is 0.387 e. The van der Waals surface area contributed by atoms with Crippen LogP contribution in [0.4, 0.5) is 0 Å². The fourth-order valence-electron chi connectivity index (χ4n) is 2.43. The molecule has 2 rings (SSSR count). The third-order valence-corrected chi connectivity index (χ3v) is 4.61. The van der Waals surface area contributed by atoms with Crippen LogP contribution < -0.4 is 0 Å². The molecule has 1 aromatic heterocycles. The molecule has 1 atom stereocenters. The van der Waals surface area contributed by atoms with Crippen LogP contribution in [0.3, 0.4) is 0 Å². The van der Waals surface area contributed by atoms with Gasteiger partial charge in [0.1, 0.15) is 0 Å². The highest BCUT2D eigenvalue weighted by molar-refractivity contribution is 7.10. The molecule has 0 bridgehead atoms. The summed E-state index contributed by atoms with van der Waals surface area (Å²) in [6, 6.07) is 4.07. The average molecular weight is 224 g/mol. The maximum absolute atomic E-state index is 10.2. The molecule has 1 aliphatic rings. The van der Waals surface area contributed by atoms with E-state index in [1.165, 1.54) is 25.7 Å². The molecule has 2 heteroatoms. The molecule has 1 nitrogen and oxygen atoms in total. The third-order valence-electron chi connectivity index (χ3n) is 3.67. The summed E-state index contributed by atoms with van der Waals surface area (Å²) < 4.78 is 0. The highest BCUT2D eigenvalue weighted by atomic mass is 32.1. The molecule has 1 fully saturated rings. The van der Waals surface area contributed by atoms with Crippen molar-refractivity contribution in [3.63, 3.8) is 0 Å². The lowest BCUT2D eigenvalue weighted by Crippen LogP contribution is -2.24. The van der Waals surface area contributed by atoms with Gasteiger partial charge in [-0.05, 0) is 48.5 Å². The minimum Gasteiger partial charge on any atom is -0.387 e. The Hall–Kier alpha value is -0.340. The van der Waals surface area contributed by atoms with E-state index in [9.17, 15) is 5.11 Å². The highest BCUT2D eigenvalue weighted by Crippen LogP contribution is 2.43. The van der Waals surface area contributed by atoms with Crippen molar-refractivity contribution in [2.24, 2.45) is 11.3 Å². The van der Waals surface area contributed by atoms with E-state index in [0.29, 0.717) is 11.3 Å². The molecule has 0 aromatic carbocycles. The Kier molecular flexibility index (Phi) is 3.17. The Morgan fingerprint density at radius 1 is 1.40 bits per heavy atom. The minimum absolute atomic E-state index is 0.221. The second-order valence-electron chi connectivity index (χ2n) is 5.46. The summed E-state index contributed by atoms with van der Waals surface area (Å²) in [5.74, 6) is 0.483. The summed E-state index contributed by atoms with van der Waals surface area (Å²) in [7, 11) is 0. The van der Waals surface area contributed by atoms with Gasteiger partial charge in [0.15, 0.2) is 0 Å². The second-order valence-corrected chi connectivity index (χ2v) is 6.44. The average Bonchev–Trinajstić information content (AvgIpc) is 2.69. The number of thiophene rings is 1. The number of rotatable bonds is 2. The van der Waals surface area contributed by atoms with Crippen molar-refractivity contribution in [2.45, 2.75) is 45.6 Å². The molecule has 0 saturated heterocycles. The SMILES string of the molecule is CC1(C)CCC(C(O)c2cccs2)CC1. The maximum atomic E-state index is 10.2. The molecular formula is C13H20OS. The topological polar surface area (TPSA) is 20.2 Å². The Bertz CT molecular complexity index is 292. The van der Waals surface area contributed by atoms with Crippen molar-refractivity contribution in [1.29, 1.82) is 0 Å². The summed E-state index contributed by atoms with van der Waals surface area (Å²) in [6.07, 6.45) is 4.62. The van der Waals surface area contributed by atoms with Crippen LogP contribution in [-0.4, -0.2) is 5.11 Å². The minimum atomic E-state index is -0.221. The van der Waals surface area contributed by atoms with Crippen molar-refractivity contribution < 1.29 is 5.11 Å². The lowest BCUT2D eigenvalue weighted by molar-refractivity contribution is 0.0591. The zero-order valence-corrected chi connectivity index (χ0v) is 10.4. The van der Waals surface area contributed by atoms with Gasteiger partial charge in [0.25, 0.3) is 0 Å². The fraction of sp³-hybridized carbons (Fsp3) is 0.692. The van der Waals surface area contributed by atoms with Crippen LogP contribution in [0.5, 0.6) is 0 Å². The summed E-state index contributed by atoms with van der Waals surface area (Å²) in [5, 5.41) is 12.3. The van der Waals surface area contributed by atoms with Gasteiger partial charge in [0, 0.05) is 4.88 Å². The van der Waals surface area contributed by atoms with E-state index >= 15 is 0 Å². The molecule has 1 aliphatic carbocycles. The Morgan fingerprint density at radius 3 is 2.60 bits per heavy atom. The number of aliphatic hydroxyl groups is 1. The maximum Gasteiger partial charge on any atom is 0.0910 e. The fourth-order valence-corrected chi connectivity index (χ4v) is 3.23. The molecule has 1 N–H and O–H groups in total. The first-order valence-electron chi connectivity index (χ1n) is 5.80. The molecule has 1 unspecified atom stereocenters. The zero-order valence-electron chi connectivity index (χ0n) is 9.57. The van der Waals surface area contributed by atoms with Crippen molar-refractivity contribution in [1.82, 2.24) is 0 Å². The van der Waals surface area contributed by atoms with E-state index in [1.54, 1.807) is 11.3 Å². The summed E-state index contributed by atoms with van der Waals surface area (Å²) in [4.78, 5) is 1.14. The zero-order chi connectivity index (χ0) is 10.9. The molecule has 1 aromatic rings. The van der Waals surface area contributed by atoms with Gasteiger partial charge in [-0.1, -0.05) is 19.9 Å². The molecule has 1 saturated carbocycles. The first-order valence-corrected chi connectivity index (χ1v) is 6.68. The van der Waals surface area contributed by atoms with Crippen molar-refractivity contribution in [3.05, 3.63) is 22.4 Å². The third kappa shape index (κ3) is 2.61. The van der Waals surface area contributed by atoms with E-state index in [1.807, 2.05) is 11.4 Å². The van der Waals surface area contributed by atoms with Crippen LogP contribution >= 0.6 is 11.3 Å². The predicted molar refractivity (Wildman–Crippen MR) is 65.0 cm³/mol. The molecule has 0 aliphatic heterocycles. The van der Waals surface area contributed by atoms with Crippen LogP contribution in [0.15, 0.2) is 17.5 Å². The molecule has 1 heterocycles. The van der Waals surface area contributed by atoms with Gasteiger partial charge in [0.05, 0.1) is 6.10 Å². The smallest absolute Gasteiger partial charge is 0.0910 e. The van der Waals surface area contributed by atoms with Crippen LogP contribution in [0, 0.1) is 11.3 Å². The lowest BCUT2D eigenvalue weighted by Gasteiger charge is -2.36. The quantitative estimate of drug-likeness (QED) is 0.805. The van der Waals surface area contributed by atoms with E-state index in [-0.39, 0.29) is 6.10 Å². The standard InChI is InChI=1S/C13H20OS/c1-13(2)7-5-10(6-8-13)12(14)11-4-3-9-15-11/h3-4,9-10,12,14H,5-8H2,1-2H3. The number of hydrogen-bond donors (Lipinski definition) is 1. The Morgan fingerprint density at radius 2 is 2.07 bits per heavy atom. The van der Waals surface area contributed by atoms with E-state index in [0.717, 1.165) is 4.88 Å². The Labute approximate surface area is 96.1 Å². The second kappa shape index (κ2) is 4.26. The van der Waals surface area contributed by atoms with Gasteiger partial charge in [-0.3, -0.25) is 0 Å². The van der Waals surface area contributed by atoms with E-state index in [4.69, 9.17) is 0 Å². The van der Waals surface area contributed by atoms with Gasteiger partial charge < -0.3 is 5.11 Å². The van der Waals surface area contributed by atoms with Crippen molar-refractivity contribution >= 4 is 11.3 Å². The summed E-state index contributed by atoms with van der Waals surface area (Å²) in [5.41, 5.74) is 0.492. The molecule has 0 spiro atoms. The first-order chi connectivity index (χ1) is 7.08. The van der Waals surface area contributed by atoms with Crippen molar-refractivity contribution in [2.75, 3.05) is 0 Å². The molecular weight excluding hydrogens is 204 g/mol. The van der Waals surface area contributed by atoms with Crippen LogP contribution in [0.2, 0.25) is 0 Å². The lowest BCUT2D eigenvalue weighted by atomic mass is 9.71. The van der Waals surface area contributed by atoms with Gasteiger partial charge in [0.2, 0.25) is 0 Å². The monoisotopic (exact) mass is 224 g/mol. The van der Waals surface area contributed by atoms with Crippen LogP contribution in [0.25, 0.3) is 0 Å². The number of hydrogen-bond acceptors (Lipinski definition) is 2. The van der Waals surface area contributed by atoms with E-state index in [2.05, 4.69) is 19.9 Å². The molecule has 0 amide bonds. The summed E-state index contributed by atoms with van der Waals surface area (Å²) >= 11 is 1.67. The van der Waals surface area contributed by atoms with Gasteiger partial charge in [-0.15, -0.1) is 11.3 Å². The van der Waals surface area contributed by atoms with Crippen molar-refractivity contribution in [3.8, 4) is 0 Å². The van der Waals surface area contributed by atoms with Crippen LogP contribution in [0.1, 0.15) is 50.5 Å². The molecule has 0 radical (unpaired) electrons. The normalized spacial score (nSPS) is 23.9. The van der Waals surface area contributed by atoms with Gasteiger partial charge in [-0.25, -0.2) is 0 Å². The van der Waals surface area contributed by atoms with Gasteiger partial charge >= 0.3 is 0 Å². The molecule has 15 heavy (non-hydrogen) atoms. The van der Waals surface area contributed by atoms with Crippen LogP contribution in [-0.2, 0) is 0 Å².